The highest BCUT2D eigenvalue weighted by Gasteiger charge is 2.21. The average molecular weight is 189 g/mol. The van der Waals surface area contributed by atoms with Crippen molar-refractivity contribution in [2.45, 2.75) is 46.0 Å². The molecule has 0 aliphatic heterocycles. The van der Waals surface area contributed by atoms with Crippen molar-refractivity contribution < 1.29 is 0 Å². The van der Waals surface area contributed by atoms with Crippen LogP contribution in [0.3, 0.4) is 0 Å². The smallest absolute Gasteiger partial charge is 0.0258 e. The molecule has 0 bridgehead atoms. The number of aromatic nitrogens is 1. The maximum absolute atomic E-state index is 3.45. The Balaban J connectivity index is 2.56. The van der Waals surface area contributed by atoms with Gasteiger partial charge >= 0.3 is 0 Å². The van der Waals surface area contributed by atoms with Crippen LogP contribution in [0.4, 0.5) is 0 Å². The minimum atomic E-state index is 0.614. The first-order valence-electron chi connectivity index (χ1n) is 5.49. The van der Waals surface area contributed by atoms with Crippen LogP contribution in [-0.2, 0) is 0 Å². The van der Waals surface area contributed by atoms with E-state index < -0.39 is 0 Å². The molecular weight excluding hydrogens is 170 g/mol. The lowest BCUT2D eigenvalue weighted by molar-refractivity contribution is 0.742. The van der Waals surface area contributed by atoms with Crippen LogP contribution >= 0.6 is 0 Å². The first-order valence-corrected chi connectivity index (χ1v) is 5.49. The van der Waals surface area contributed by atoms with Crippen LogP contribution in [-0.4, -0.2) is 4.98 Å². The normalized spacial score (nSPS) is 20.9. The summed E-state index contributed by atoms with van der Waals surface area (Å²) in [6.07, 6.45) is 5.73. The summed E-state index contributed by atoms with van der Waals surface area (Å²) in [5, 5.41) is 0. The van der Waals surface area contributed by atoms with Crippen molar-refractivity contribution in [1.82, 2.24) is 4.98 Å². The van der Waals surface area contributed by atoms with E-state index in [1.165, 1.54) is 28.8 Å². The summed E-state index contributed by atoms with van der Waals surface area (Å²) in [6, 6.07) is 0. The first-order chi connectivity index (χ1) is 6.61. The summed E-state index contributed by atoms with van der Waals surface area (Å²) < 4.78 is 0. The van der Waals surface area contributed by atoms with Crippen molar-refractivity contribution in [3.8, 4) is 0 Å². The molecule has 0 saturated carbocycles. The van der Waals surface area contributed by atoms with E-state index >= 15 is 0 Å². The Hall–Kier alpha value is -0.980. The van der Waals surface area contributed by atoms with E-state index in [1.54, 1.807) is 0 Å². The van der Waals surface area contributed by atoms with Gasteiger partial charge in [-0.15, -0.1) is 0 Å². The van der Waals surface area contributed by atoms with E-state index in [9.17, 15) is 0 Å². The van der Waals surface area contributed by atoms with E-state index in [-0.39, 0.29) is 0 Å². The molecule has 1 unspecified atom stereocenters. The summed E-state index contributed by atoms with van der Waals surface area (Å²) in [6.45, 7) is 9.04. The van der Waals surface area contributed by atoms with E-state index in [2.05, 4.69) is 45.0 Å². The molecular formula is C13H19N. The molecule has 0 saturated heterocycles. The van der Waals surface area contributed by atoms with Gasteiger partial charge in [-0.2, -0.15) is 0 Å². The van der Waals surface area contributed by atoms with Gasteiger partial charge in [-0.05, 0) is 30.4 Å². The van der Waals surface area contributed by atoms with Gasteiger partial charge in [-0.1, -0.05) is 26.8 Å². The average Bonchev–Trinajstić information content (AvgIpc) is 2.56. The molecule has 2 rings (SSSR count). The molecule has 1 N–H and O–H groups in total. The lowest BCUT2D eigenvalue weighted by Gasteiger charge is -2.19. The molecule has 0 spiro atoms. The summed E-state index contributed by atoms with van der Waals surface area (Å²) in [5.74, 6) is 1.27. The van der Waals surface area contributed by atoms with Gasteiger partial charge in [0.15, 0.2) is 0 Å². The predicted molar refractivity (Wildman–Crippen MR) is 61.6 cm³/mol. The van der Waals surface area contributed by atoms with Gasteiger partial charge in [0.2, 0.25) is 0 Å². The van der Waals surface area contributed by atoms with Crippen LogP contribution < -0.4 is 0 Å². The van der Waals surface area contributed by atoms with Crippen LogP contribution in [0.15, 0.2) is 12.3 Å². The molecule has 1 nitrogen and oxygen atoms in total. The van der Waals surface area contributed by atoms with Gasteiger partial charge in [0, 0.05) is 23.4 Å². The number of hydrogen-bond acceptors (Lipinski definition) is 0. The minimum Gasteiger partial charge on any atom is -0.364 e. The Morgan fingerprint density at radius 2 is 2.14 bits per heavy atom. The number of nitrogens with one attached hydrogen (secondary N) is 1. The van der Waals surface area contributed by atoms with Crippen molar-refractivity contribution in [1.29, 1.82) is 0 Å². The maximum atomic E-state index is 3.45. The number of H-pyrrole nitrogens is 1. The fourth-order valence-corrected chi connectivity index (χ4v) is 2.31. The molecule has 1 atom stereocenters. The fraction of sp³-hybridized carbons (Fsp3) is 0.538. The second-order valence-electron chi connectivity index (χ2n) is 4.71. The monoisotopic (exact) mass is 189 g/mol. The summed E-state index contributed by atoms with van der Waals surface area (Å²) in [7, 11) is 0. The minimum absolute atomic E-state index is 0.614. The Morgan fingerprint density at radius 3 is 2.79 bits per heavy atom. The highest BCUT2D eigenvalue weighted by molar-refractivity contribution is 5.71. The molecule has 0 radical (unpaired) electrons. The standard InChI is InChI=1S/C13H19N/c1-8(2)11-7-14-13-10(4)6-5-9(3)12(11)13/h5,7-8,10,14H,6H2,1-4H3. The topological polar surface area (TPSA) is 15.8 Å². The van der Waals surface area contributed by atoms with Crippen LogP contribution in [0.1, 0.15) is 62.8 Å². The Labute approximate surface area is 86.2 Å². The van der Waals surface area contributed by atoms with Gasteiger partial charge in [0.1, 0.15) is 0 Å². The quantitative estimate of drug-likeness (QED) is 0.686. The first kappa shape index (κ1) is 9.57. The van der Waals surface area contributed by atoms with Gasteiger partial charge in [0.25, 0.3) is 0 Å². The summed E-state index contributed by atoms with van der Waals surface area (Å²) in [4.78, 5) is 3.45. The van der Waals surface area contributed by atoms with Crippen LogP contribution in [0.5, 0.6) is 0 Å². The third-order valence-corrected chi connectivity index (χ3v) is 3.23. The largest absolute Gasteiger partial charge is 0.364 e. The SMILES string of the molecule is CC1=CCC(C)c2[nH]cc(C(C)C)c21. The highest BCUT2D eigenvalue weighted by atomic mass is 14.7. The van der Waals surface area contributed by atoms with Crippen molar-refractivity contribution in [3.63, 3.8) is 0 Å². The van der Waals surface area contributed by atoms with E-state index in [0.717, 1.165) is 0 Å². The van der Waals surface area contributed by atoms with Crippen molar-refractivity contribution >= 4 is 5.57 Å². The Kier molecular flexibility index (Phi) is 2.26. The molecule has 14 heavy (non-hydrogen) atoms. The second-order valence-corrected chi connectivity index (χ2v) is 4.71. The number of rotatable bonds is 1. The third kappa shape index (κ3) is 1.31. The summed E-state index contributed by atoms with van der Waals surface area (Å²) in [5.41, 5.74) is 5.84. The fourth-order valence-electron chi connectivity index (χ4n) is 2.31. The molecule has 1 heterocycles. The zero-order valence-electron chi connectivity index (χ0n) is 9.52. The number of aromatic amines is 1. The van der Waals surface area contributed by atoms with E-state index in [1.807, 2.05) is 0 Å². The maximum Gasteiger partial charge on any atom is 0.0258 e. The van der Waals surface area contributed by atoms with E-state index in [4.69, 9.17) is 0 Å². The molecule has 0 amide bonds. The zero-order chi connectivity index (χ0) is 10.3. The van der Waals surface area contributed by atoms with Gasteiger partial charge in [0.05, 0.1) is 0 Å². The molecule has 1 aliphatic carbocycles. The van der Waals surface area contributed by atoms with Gasteiger partial charge in [-0.3, -0.25) is 0 Å². The molecule has 1 aromatic heterocycles. The van der Waals surface area contributed by atoms with Crippen LogP contribution in [0.25, 0.3) is 5.57 Å². The number of hydrogen-bond donors (Lipinski definition) is 1. The molecule has 1 aromatic rings. The van der Waals surface area contributed by atoms with Crippen molar-refractivity contribution in [3.05, 3.63) is 29.1 Å². The molecule has 0 aromatic carbocycles. The zero-order valence-corrected chi connectivity index (χ0v) is 9.52. The summed E-state index contributed by atoms with van der Waals surface area (Å²) >= 11 is 0. The van der Waals surface area contributed by atoms with Crippen molar-refractivity contribution in [2.24, 2.45) is 0 Å². The van der Waals surface area contributed by atoms with Gasteiger partial charge in [-0.25, -0.2) is 0 Å². The van der Waals surface area contributed by atoms with Crippen LogP contribution in [0, 0.1) is 0 Å². The Bertz CT molecular complexity index is 369. The van der Waals surface area contributed by atoms with Crippen molar-refractivity contribution in [2.75, 3.05) is 0 Å². The number of allylic oxidation sites excluding steroid dienone is 2. The van der Waals surface area contributed by atoms with Crippen LogP contribution in [0.2, 0.25) is 0 Å². The molecule has 76 valence electrons. The highest BCUT2D eigenvalue weighted by Crippen LogP contribution is 2.37. The number of fused-ring (bicyclic) bond motifs is 1. The predicted octanol–water partition coefficient (Wildman–Crippen LogP) is 4.05. The van der Waals surface area contributed by atoms with Gasteiger partial charge < -0.3 is 4.98 Å². The van der Waals surface area contributed by atoms with E-state index in [0.29, 0.717) is 11.8 Å². The third-order valence-electron chi connectivity index (χ3n) is 3.23. The second kappa shape index (κ2) is 3.30. The lowest BCUT2D eigenvalue weighted by atomic mass is 9.86. The molecule has 1 heteroatoms. The lowest BCUT2D eigenvalue weighted by Crippen LogP contribution is -2.03. The Morgan fingerprint density at radius 1 is 1.43 bits per heavy atom. The molecule has 1 aliphatic rings. The molecule has 0 fully saturated rings.